The number of H-pyrrole nitrogens is 1. The lowest BCUT2D eigenvalue weighted by Gasteiger charge is -2.13. The van der Waals surface area contributed by atoms with Crippen molar-refractivity contribution in [1.82, 2.24) is 15.5 Å². The van der Waals surface area contributed by atoms with Gasteiger partial charge in [0.2, 0.25) is 0 Å². The number of aryl methyl sites for hydroxylation is 1. The zero-order valence-electron chi connectivity index (χ0n) is 11.1. The monoisotopic (exact) mass is 290 g/mol. The number of aromatic nitrogens is 2. The van der Waals surface area contributed by atoms with Gasteiger partial charge in [0.25, 0.3) is 5.91 Å². The molecule has 0 radical (unpaired) electrons. The van der Waals surface area contributed by atoms with E-state index in [2.05, 4.69) is 20.8 Å². The van der Waals surface area contributed by atoms with Crippen molar-refractivity contribution in [3.8, 4) is 0 Å². The third kappa shape index (κ3) is 2.42. The number of aromatic amines is 1. The molecule has 1 aliphatic rings. The van der Waals surface area contributed by atoms with Crippen molar-refractivity contribution in [3.63, 3.8) is 0 Å². The Morgan fingerprint density at radius 2 is 2.30 bits per heavy atom. The van der Waals surface area contributed by atoms with Crippen LogP contribution >= 0.6 is 11.6 Å². The van der Waals surface area contributed by atoms with E-state index in [9.17, 15) is 4.79 Å². The molecule has 104 valence electrons. The van der Waals surface area contributed by atoms with Gasteiger partial charge in [0.15, 0.2) is 5.69 Å². The van der Waals surface area contributed by atoms with Gasteiger partial charge in [0.1, 0.15) is 0 Å². The van der Waals surface area contributed by atoms with Gasteiger partial charge in [-0.3, -0.25) is 9.89 Å². The quantitative estimate of drug-likeness (QED) is 0.795. The summed E-state index contributed by atoms with van der Waals surface area (Å²) in [4.78, 5) is 12.3. The first kappa shape index (κ1) is 13.1. The molecule has 0 saturated heterocycles. The lowest BCUT2D eigenvalue weighted by atomic mass is 10.1. The molecule has 0 spiro atoms. The molecular weight excluding hydrogens is 276 g/mol. The third-order valence-corrected chi connectivity index (χ3v) is 3.72. The molecule has 3 rings (SSSR count). The number of fused-ring (bicyclic) bond motifs is 1. The molecule has 0 fully saturated rings. The highest BCUT2D eigenvalue weighted by atomic mass is 35.5. The number of hydrogen-bond donors (Lipinski definition) is 3. The molecule has 0 bridgehead atoms. The Hall–Kier alpha value is -1.85. The molecule has 2 heterocycles. The van der Waals surface area contributed by atoms with Crippen molar-refractivity contribution in [2.45, 2.75) is 19.9 Å². The van der Waals surface area contributed by atoms with Crippen molar-refractivity contribution in [1.29, 1.82) is 0 Å². The first-order chi connectivity index (χ1) is 9.65. The third-order valence-electron chi connectivity index (χ3n) is 3.39. The summed E-state index contributed by atoms with van der Waals surface area (Å²) in [6, 6.07) is 5.52. The first-order valence-corrected chi connectivity index (χ1v) is 6.87. The molecule has 6 heteroatoms. The summed E-state index contributed by atoms with van der Waals surface area (Å²) in [6.07, 6.45) is 0.862. The van der Waals surface area contributed by atoms with Gasteiger partial charge in [0.05, 0.1) is 10.7 Å². The Morgan fingerprint density at radius 3 is 3.15 bits per heavy atom. The fourth-order valence-corrected chi connectivity index (χ4v) is 2.49. The number of hydrogen-bond acceptors (Lipinski definition) is 3. The standard InChI is InChI=1S/C14H15ClN4O/c1-8-2-3-10(15)12(6-8)17-14(20)13-9-7-16-5-4-11(9)18-19-13/h2-3,6,16H,4-5,7H2,1H3,(H,17,20)(H,18,19). The summed E-state index contributed by atoms with van der Waals surface area (Å²) in [5, 5.41) is 13.6. The summed E-state index contributed by atoms with van der Waals surface area (Å²) >= 11 is 6.09. The second kappa shape index (κ2) is 5.26. The molecule has 20 heavy (non-hydrogen) atoms. The van der Waals surface area contributed by atoms with Gasteiger partial charge in [-0.05, 0) is 24.6 Å². The number of nitrogens with one attached hydrogen (secondary N) is 3. The van der Waals surface area contributed by atoms with Crippen LogP contribution in [0.5, 0.6) is 0 Å². The molecule has 3 N–H and O–H groups in total. The SMILES string of the molecule is Cc1ccc(Cl)c(NC(=O)c2n[nH]c3c2CNCC3)c1. The van der Waals surface area contributed by atoms with Crippen LogP contribution in [-0.2, 0) is 13.0 Å². The summed E-state index contributed by atoms with van der Waals surface area (Å²) in [5.41, 5.74) is 4.05. The molecule has 5 nitrogen and oxygen atoms in total. The van der Waals surface area contributed by atoms with Crippen molar-refractivity contribution in [2.75, 3.05) is 11.9 Å². The second-order valence-corrected chi connectivity index (χ2v) is 5.30. The van der Waals surface area contributed by atoms with Crippen molar-refractivity contribution >= 4 is 23.2 Å². The van der Waals surface area contributed by atoms with Crippen LogP contribution in [0.2, 0.25) is 5.02 Å². The molecule has 1 aromatic carbocycles. The van der Waals surface area contributed by atoms with E-state index >= 15 is 0 Å². The van der Waals surface area contributed by atoms with Gasteiger partial charge >= 0.3 is 0 Å². The van der Waals surface area contributed by atoms with Crippen LogP contribution in [0, 0.1) is 6.92 Å². The fraction of sp³-hybridized carbons (Fsp3) is 0.286. The highest BCUT2D eigenvalue weighted by Gasteiger charge is 2.21. The number of anilines is 1. The Kier molecular flexibility index (Phi) is 3.46. The largest absolute Gasteiger partial charge is 0.319 e. The van der Waals surface area contributed by atoms with E-state index in [0.29, 0.717) is 22.9 Å². The lowest BCUT2D eigenvalue weighted by molar-refractivity contribution is 0.102. The van der Waals surface area contributed by atoms with E-state index < -0.39 is 0 Å². The average Bonchev–Trinajstić information content (AvgIpc) is 2.87. The van der Waals surface area contributed by atoms with Gasteiger partial charge in [-0.25, -0.2) is 0 Å². The number of benzene rings is 1. The van der Waals surface area contributed by atoms with Crippen LogP contribution in [-0.4, -0.2) is 22.6 Å². The van der Waals surface area contributed by atoms with Crippen LogP contribution in [0.15, 0.2) is 18.2 Å². The van der Waals surface area contributed by atoms with Crippen LogP contribution < -0.4 is 10.6 Å². The molecule has 1 aliphatic heterocycles. The van der Waals surface area contributed by atoms with Crippen LogP contribution in [0.3, 0.4) is 0 Å². The summed E-state index contributed by atoms with van der Waals surface area (Å²) in [6.45, 7) is 3.52. The maximum Gasteiger partial charge on any atom is 0.276 e. The maximum absolute atomic E-state index is 12.3. The van der Waals surface area contributed by atoms with Gasteiger partial charge in [-0.2, -0.15) is 5.10 Å². The Balaban J connectivity index is 1.86. The minimum absolute atomic E-state index is 0.237. The van der Waals surface area contributed by atoms with Crippen molar-refractivity contribution < 1.29 is 4.79 Å². The zero-order valence-corrected chi connectivity index (χ0v) is 11.8. The highest BCUT2D eigenvalue weighted by Crippen LogP contribution is 2.24. The summed E-state index contributed by atoms with van der Waals surface area (Å²) in [5.74, 6) is -0.237. The van der Waals surface area contributed by atoms with Gasteiger partial charge in [0, 0.05) is 30.8 Å². The molecular formula is C14H15ClN4O. The van der Waals surface area contributed by atoms with Gasteiger partial charge in [-0.15, -0.1) is 0 Å². The van der Waals surface area contributed by atoms with E-state index in [4.69, 9.17) is 11.6 Å². The second-order valence-electron chi connectivity index (χ2n) is 4.89. The predicted molar refractivity (Wildman–Crippen MR) is 78.1 cm³/mol. The Morgan fingerprint density at radius 1 is 1.45 bits per heavy atom. The number of halogens is 1. The minimum Gasteiger partial charge on any atom is -0.319 e. The van der Waals surface area contributed by atoms with Crippen molar-refractivity contribution in [2.24, 2.45) is 0 Å². The zero-order chi connectivity index (χ0) is 14.1. The number of rotatable bonds is 2. The predicted octanol–water partition coefficient (Wildman–Crippen LogP) is 2.27. The maximum atomic E-state index is 12.3. The summed E-state index contributed by atoms with van der Waals surface area (Å²) in [7, 11) is 0. The topological polar surface area (TPSA) is 69.8 Å². The van der Waals surface area contributed by atoms with Crippen LogP contribution in [0.1, 0.15) is 27.3 Å². The molecule has 1 aromatic heterocycles. The van der Waals surface area contributed by atoms with E-state index in [1.54, 1.807) is 6.07 Å². The molecule has 0 saturated carbocycles. The van der Waals surface area contributed by atoms with Crippen LogP contribution in [0.25, 0.3) is 0 Å². The van der Waals surface area contributed by atoms with Crippen molar-refractivity contribution in [3.05, 3.63) is 45.7 Å². The Labute approximate surface area is 121 Å². The fourth-order valence-electron chi connectivity index (χ4n) is 2.33. The average molecular weight is 291 g/mol. The molecule has 0 unspecified atom stereocenters. The number of carbonyl (C=O) groups excluding carboxylic acids is 1. The summed E-state index contributed by atoms with van der Waals surface area (Å²) < 4.78 is 0. The van der Waals surface area contributed by atoms with E-state index in [1.807, 2.05) is 19.1 Å². The van der Waals surface area contributed by atoms with Crippen LogP contribution in [0.4, 0.5) is 5.69 Å². The molecule has 2 aromatic rings. The lowest BCUT2D eigenvalue weighted by Crippen LogP contribution is -2.25. The molecule has 0 atom stereocenters. The molecule has 0 aliphatic carbocycles. The number of carbonyl (C=O) groups is 1. The smallest absolute Gasteiger partial charge is 0.276 e. The van der Waals surface area contributed by atoms with E-state index in [1.165, 1.54) is 0 Å². The van der Waals surface area contributed by atoms with Gasteiger partial charge in [-0.1, -0.05) is 17.7 Å². The van der Waals surface area contributed by atoms with E-state index in [0.717, 1.165) is 29.8 Å². The first-order valence-electron chi connectivity index (χ1n) is 6.49. The number of amides is 1. The van der Waals surface area contributed by atoms with E-state index in [-0.39, 0.29) is 5.91 Å². The normalized spacial score (nSPS) is 13.9. The molecule has 1 amide bonds. The van der Waals surface area contributed by atoms with Gasteiger partial charge < -0.3 is 10.6 Å². The number of nitrogens with zero attached hydrogens (tertiary/aromatic N) is 1. The minimum atomic E-state index is -0.237. The highest BCUT2D eigenvalue weighted by molar-refractivity contribution is 6.33. The Bertz CT molecular complexity index is 665.